The third-order valence-corrected chi connectivity index (χ3v) is 6.64. The van der Waals surface area contributed by atoms with Crippen LogP contribution < -0.4 is 0 Å². The second-order valence-electron chi connectivity index (χ2n) is 9.07. The van der Waals surface area contributed by atoms with Gasteiger partial charge in [-0.2, -0.15) is 5.10 Å². The second kappa shape index (κ2) is 8.85. The Kier molecular flexibility index (Phi) is 5.07. The van der Waals surface area contributed by atoms with Gasteiger partial charge >= 0.3 is 0 Å². The summed E-state index contributed by atoms with van der Waals surface area (Å²) in [4.78, 5) is 9.92. The summed E-state index contributed by atoms with van der Waals surface area (Å²) in [7, 11) is 0. The highest BCUT2D eigenvalue weighted by Gasteiger charge is 2.14. The molecule has 0 amide bonds. The molecular weight excluding hydrogens is 452 g/mol. The number of hydrogen-bond donors (Lipinski definition) is 0. The molecule has 3 heterocycles. The topological polar surface area (TPSA) is 43.1 Å². The van der Waals surface area contributed by atoms with Crippen molar-refractivity contribution in [2.24, 2.45) is 0 Å². The van der Waals surface area contributed by atoms with Gasteiger partial charge in [-0.25, -0.2) is 14.5 Å². The monoisotopic (exact) mass is 474 g/mol. The van der Waals surface area contributed by atoms with E-state index >= 15 is 0 Å². The molecule has 7 aromatic rings. The van der Waals surface area contributed by atoms with Gasteiger partial charge in [0.1, 0.15) is 5.69 Å². The summed E-state index contributed by atoms with van der Waals surface area (Å²) in [6.07, 6.45) is 2.05. The van der Waals surface area contributed by atoms with Crippen LogP contribution in [0.25, 0.3) is 61.4 Å². The summed E-state index contributed by atoms with van der Waals surface area (Å²) in [5.41, 5.74) is 7.94. The van der Waals surface area contributed by atoms with Crippen molar-refractivity contribution in [1.82, 2.24) is 19.6 Å². The molecule has 0 radical (unpaired) electrons. The van der Waals surface area contributed by atoms with Crippen molar-refractivity contribution in [2.45, 2.75) is 0 Å². The minimum absolute atomic E-state index is 0.608. The maximum absolute atomic E-state index is 4.98. The van der Waals surface area contributed by atoms with Crippen LogP contribution in [-0.2, 0) is 0 Å². The van der Waals surface area contributed by atoms with Crippen molar-refractivity contribution in [3.63, 3.8) is 0 Å². The molecule has 4 nitrogen and oxygen atoms in total. The number of benzene rings is 4. The van der Waals surface area contributed by atoms with Crippen molar-refractivity contribution >= 4 is 16.3 Å². The van der Waals surface area contributed by atoms with Crippen molar-refractivity contribution in [1.29, 1.82) is 0 Å². The molecule has 0 aliphatic rings. The van der Waals surface area contributed by atoms with E-state index in [-0.39, 0.29) is 0 Å². The average Bonchev–Trinajstić information content (AvgIpc) is 3.40. The molecule has 7 rings (SSSR count). The summed E-state index contributed by atoms with van der Waals surface area (Å²) in [6, 6.07) is 43.7. The Hall–Kier alpha value is -5.09. The van der Waals surface area contributed by atoms with Crippen LogP contribution in [0.4, 0.5) is 0 Å². The molecule has 0 saturated heterocycles. The zero-order valence-electron chi connectivity index (χ0n) is 20.0. The first-order valence-electron chi connectivity index (χ1n) is 12.3. The number of hydrogen-bond acceptors (Lipinski definition) is 3. The molecule has 3 aromatic heterocycles. The Morgan fingerprint density at radius 2 is 0.973 bits per heavy atom. The highest BCUT2D eigenvalue weighted by atomic mass is 15.2. The van der Waals surface area contributed by atoms with Crippen molar-refractivity contribution in [2.75, 3.05) is 0 Å². The summed E-state index contributed by atoms with van der Waals surface area (Å²) in [5.74, 6) is 0.608. The standard InChI is InChI=1S/C33H22N4/c1-3-9-23(10-4-1)24-15-17-26(18-16-24)31-21-30(25-11-5-2-6-12-25)34-33(35-31)32-20-29-19-27-13-7-8-14-28(27)22-37(29)36-32/h1-22H. The molecule has 0 atom stereocenters. The zero-order chi connectivity index (χ0) is 24.6. The smallest absolute Gasteiger partial charge is 0.181 e. The largest absolute Gasteiger partial charge is 0.240 e. The number of rotatable bonds is 4. The van der Waals surface area contributed by atoms with Crippen LogP contribution in [0.3, 0.4) is 0 Å². The van der Waals surface area contributed by atoms with Crippen LogP contribution in [0.5, 0.6) is 0 Å². The van der Waals surface area contributed by atoms with Gasteiger partial charge in [-0.1, -0.05) is 109 Å². The summed E-state index contributed by atoms with van der Waals surface area (Å²) in [6.45, 7) is 0. The van der Waals surface area contributed by atoms with Gasteiger partial charge in [0.05, 0.1) is 16.9 Å². The highest BCUT2D eigenvalue weighted by Crippen LogP contribution is 2.29. The molecule has 0 aliphatic carbocycles. The highest BCUT2D eigenvalue weighted by molar-refractivity contribution is 5.86. The van der Waals surface area contributed by atoms with Crippen LogP contribution in [-0.4, -0.2) is 19.6 Å². The van der Waals surface area contributed by atoms with Gasteiger partial charge < -0.3 is 0 Å². The van der Waals surface area contributed by atoms with E-state index in [0.29, 0.717) is 5.82 Å². The summed E-state index contributed by atoms with van der Waals surface area (Å²) in [5, 5.41) is 7.17. The predicted molar refractivity (Wildman–Crippen MR) is 150 cm³/mol. The predicted octanol–water partition coefficient (Wildman–Crippen LogP) is 7.95. The van der Waals surface area contributed by atoms with Crippen LogP contribution in [0.1, 0.15) is 0 Å². The first kappa shape index (κ1) is 21.2. The van der Waals surface area contributed by atoms with E-state index in [9.17, 15) is 0 Å². The normalized spacial score (nSPS) is 11.2. The first-order chi connectivity index (χ1) is 18.3. The number of fused-ring (bicyclic) bond motifs is 2. The van der Waals surface area contributed by atoms with Crippen molar-refractivity contribution in [3.05, 3.63) is 134 Å². The minimum atomic E-state index is 0.608. The second-order valence-corrected chi connectivity index (χ2v) is 9.07. The van der Waals surface area contributed by atoms with Gasteiger partial charge in [0.2, 0.25) is 0 Å². The van der Waals surface area contributed by atoms with E-state index in [0.717, 1.165) is 39.1 Å². The van der Waals surface area contributed by atoms with E-state index in [1.807, 2.05) is 34.8 Å². The van der Waals surface area contributed by atoms with Gasteiger partial charge in [-0.3, -0.25) is 0 Å². The molecule has 37 heavy (non-hydrogen) atoms. The molecule has 0 fully saturated rings. The fraction of sp³-hybridized carbons (Fsp3) is 0. The third-order valence-electron chi connectivity index (χ3n) is 6.64. The van der Waals surface area contributed by atoms with Crippen LogP contribution in [0, 0.1) is 0 Å². The van der Waals surface area contributed by atoms with Crippen molar-refractivity contribution in [3.8, 4) is 45.2 Å². The molecule has 0 saturated carbocycles. The molecule has 0 unspecified atom stereocenters. The van der Waals surface area contributed by atoms with Gasteiger partial charge in [0, 0.05) is 22.7 Å². The van der Waals surface area contributed by atoms with Crippen LogP contribution in [0.15, 0.2) is 134 Å². The Labute approximate surface area is 214 Å². The Balaban J connectivity index is 1.36. The molecule has 0 N–H and O–H groups in total. The first-order valence-corrected chi connectivity index (χ1v) is 12.3. The molecule has 0 bridgehead atoms. The number of pyridine rings is 1. The van der Waals surface area contributed by atoms with E-state index < -0.39 is 0 Å². The van der Waals surface area contributed by atoms with Gasteiger partial charge in [0.25, 0.3) is 0 Å². The van der Waals surface area contributed by atoms with E-state index in [2.05, 4.69) is 103 Å². The maximum atomic E-state index is 4.98. The van der Waals surface area contributed by atoms with Crippen LogP contribution >= 0.6 is 0 Å². The fourth-order valence-electron chi connectivity index (χ4n) is 4.71. The SMILES string of the molecule is c1ccc(-c2ccc(-c3cc(-c4ccccc4)nc(-c4cc5cc6ccccc6cn5n4)n3)cc2)cc1. The van der Waals surface area contributed by atoms with Gasteiger partial charge in [-0.15, -0.1) is 0 Å². The lowest BCUT2D eigenvalue weighted by molar-refractivity contribution is 0.964. The molecule has 4 heteroatoms. The molecule has 0 spiro atoms. The Morgan fingerprint density at radius 3 is 1.68 bits per heavy atom. The lowest BCUT2D eigenvalue weighted by Crippen LogP contribution is -1.96. The van der Waals surface area contributed by atoms with E-state index in [4.69, 9.17) is 15.1 Å². The third kappa shape index (κ3) is 4.05. The van der Waals surface area contributed by atoms with Gasteiger partial charge in [-0.05, 0) is 34.7 Å². The minimum Gasteiger partial charge on any atom is -0.240 e. The zero-order valence-corrected chi connectivity index (χ0v) is 20.0. The van der Waals surface area contributed by atoms with E-state index in [1.165, 1.54) is 16.5 Å². The van der Waals surface area contributed by atoms with Gasteiger partial charge in [0.15, 0.2) is 5.82 Å². The number of nitrogens with zero attached hydrogens (tertiary/aromatic N) is 4. The van der Waals surface area contributed by atoms with Crippen molar-refractivity contribution < 1.29 is 0 Å². The fourth-order valence-corrected chi connectivity index (χ4v) is 4.71. The van der Waals surface area contributed by atoms with E-state index in [1.54, 1.807) is 0 Å². The molecule has 4 aromatic carbocycles. The molecule has 0 aliphatic heterocycles. The lowest BCUT2D eigenvalue weighted by Gasteiger charge is -2.09. The Bertz CT molecular complexity index is 1800. The molecular formula is C33H22N4. The summed E-state index contributed by atoms with van der Waals surface area (Å²) >= 11 is 0. The maximum Gasteiger partial charge on any atom is 0.181 e. The Morgan fingerprint density at radius 1 is 0.432 bits per heavy atom. The molecule has 174 valence electrons. The lowest BCUT2D eigenvalue weighted by atomic mass is 10.0. The number of aromatic nitrogens is 4. The average molecular weight is 475 g/mol. The quantitative estimate of drug-likeness (QED) is 0.260. The van der Waals surface area contributed by atoms with Crippen LogP contribution in [0.2, 0.25) is 0 Å². The summed E-state index contributed by atoms with van der Waals surface area (Å²) < 4.78 is 1.91.